The number of allylic oxidation sites excluding steroid dienone is 5. The third-order valence-electron chi connectivity index (χ3n) is 9.42. The molecule has 3 heterocycles. The van der Waals surface area contributed by atoms with Gasteiger partial charge < -0.3 is 39.9 Å². The number of hydrogen-bond acceptors (Lipinski definition) is 10. The lowest BCUT2D eigenvalue weighted by Crippen LogP contribution is -2.57. The molecule has 14 nitrogen and oxygen atoms in total. The minimum absolute atomic E-state index is 0.00463. The molecule has 3 fully saturated rings. The van der Waals surface area contributed by atoms with Gasteiger partial charge in [0.2, 0.25) is 17.7 Å². The standard InChI is InChI=1S/C16H15NO2.C14H22N2O4.C6H12N2O.C6H9NOS/c1-4-6-11(5-2)14-10-16(18)13-8-7-12(19-3)9-15(13)17-14;1-5-11(18)16-8-6-14(10-17,7-9-16)15-12(19)20-13(2,3)4;1-8-4-2-3-5(8)6(7)9;1-2-4-3-5(4)6(8)7-9/h4-10H,1-2H2,3H3,(H,17,18);5,10H,1,6-9H2,2-4H3,(H,15,19);5H,2-4H2,1H3,(H2,7,9);2,4-5,9H,1,3H2,(H,7,8)/b11-6+;;;. The van der Waals surface area contributed by atoms with Crippen molar-refractivity contribution in [2.75, 3.05) is 33.8 Å². The second kappa shape index (κ2) is 22.4. The van der Waals surface area contributed by atoms with E-state index in [1.807, 2.05) is 18.0 Å². The van der Waals surface area contributed by atoms with Crippen LogP contribution in [0.3, 0.4) is 0 Å². The van der Waals surface area contributed by atoms with Crippen LogP contribution >= 0.6 is 12.8 Å². The van der Waals surface area contributed by atoms with Crippen LogP contribution in [-0.2, 0) is 23.9 Å². The van der Waals surface area contributed by atoms with Crippen LogP contribution in [-0.4, -0.2) is 95.9 Å². The molecule has 3 aliphatic rings. The van der Waals surface area contributed by atoms with E-state index in [0.29, 0.717) is 48.7 Å². The van der Waals surface area contributed by atoms with Crippen LogP contribution in [0.5, 0.6) is 5.75 Å². The lowest BCUT2D eigenvalue weighted by molar-refractivity contribution is -0.129. The number of nitrogens with one attached hydrogen (secondary N) is 3. The number of aromatic amines is 1. The average Bonchev–Trinajstić information content (AvgIpc) is 3.85. The molecule has 2 saturated heterocycles. The summed E-state index contributed by atoms with van der Waals surface area (Å²) in [5.41, 5.74) is 5.75. The molecule has 1 aromatic heterocycles. The second-order valence-corrected chi connectivity index (χ2v) is 14.9. The minimum Gasteiger partial charge on any atom is -0.497 e. The molecule has 2 aromatic rings. The Kier molecular flexibility index (Phi) is 18.7. The highest BCUT2D eigenvalue weighted by molar-refractivity contribution is 7.78. The molecule has 4 amide bonds. The van der Waals surface area contributed by atoms with Crippen molar-refractivity contribution >= 4 is 59.4 Å². The van der Waals surface area contributed by atoms with Gasteiger partial charge in [-0.1, -0.05) is 56.9 Å². The number of pyridine rings is 1. The number of likely N-dealkylation sites (tertiary alicyclic amines) is 2. The summed E-state index contributed by atoms with van der Waals surface area (Å²) >= 11 is 3.64. The summed E-state index contributed by atoms with van der Waals surface area (Å²) in [7, 11) is 3.53. The van der Waals surface area contributed by atoms with Crippen LogP contribution < -0.4 is 25.9 Å². The number of hydrogen-bond donors (Lipinski definition) is 5. The number of H-pyrrole nitrogens is 1. The molecule has 2 aliphatic heterocycles. The van der Waals surface area contributed by atoms with E-state index in [4.69, 9.17) is 15.2 Å². The molecule has 1 aliphatic carbocycles. The Morgan fingerprint density at radius 1 is 1.05 bits per heavy atom. The molecule has 1 saturated carbocycles. The first-order valence-corrected chi connectivity index (χ1v) is 19.0. The SMILES string of the molecule is C=C/C=C(\C=C)c1cc(=O)c2ccc(OC)cc2[nH]1.C=CC(=O)N1CCC(C=O)(NC(=O)OC(C)(C)C)CC1.C=CC1CC1C(=O)NS.CN1CCCC1C(N)=O. The molecule has 57 heavy (non-hydrogen) atoms. The Morgan fingerprint density at radius 2 is 1.72 bits per heavy atom. The maximum absolute atomic E-state index is 12.1. The number of nitrogens with zero attached hydrogens (tertiary/aromatic N) is 2. The number of fused-ring (bicyclic) bond motifs is 1. The van der Waals surface area contributed by atoms with Crippen molar-refractivity contribution in [3.63, 3.8) is 0 Å². The van der Waals surface area contributed by atoms with Crippen molar-refractivity contribution in [1.82, 2.24) is 24.8 Å². The summed E-state index contributed by atoms with van der Waals surface area (Å²) in [5, 5.41) is 3.25. The third kappa shape index (κ3) is 14.9. The molecule has 310 valence electrons. The van der Waals surface area contributed by atoms with Crippen LogP contribution in [0, 0.1) is 11.8 Å². The molecule has 0 radical (unpaired) electrons. The number of primary amides is 1. The van der Waals surface area contributed by atoms with Crippen molar-refractivity contribution in [1.29, 1.82) is 0 Å². The van der Waals surface area contributed by atoms with Crippen LogP contribution in [0.2, 0.25) is 0 Å². The van der Waals surface area contributed by atoms with Gasteiger partial charge in [-0.3, -0.25) is 24.1 Å². The number of benzene rings is 1. The second-order valence-electron chi connectivity index (χ2n) is 14.7. The van der Waals surface area contributed by atoms with Crippen molar-refractivity contribution in [3.05, 3.63) is 96.9 Å². The van der Waals surface area contributed by atoms with Gasteiger partial charge in [0.15, 0.2) is 5.43 Å². The summed E-state index contributed by atoms with van der Waals surface area (Å²) in [4.78, 5) is 74.8. The van der Waals surface area contributed by atoms with Gasteiger partial charge in [0, 0.05) is 42.2 Å². The van der Waals surface area contributed by atoms with Gasteiger partial charge in [0.25, 0.3) is 0 Å². The van der Waals surface area contributed by atoms with Gasteiger partial charge >= 0.3 is 6.09 Å². The molecular formula is C42H58N6O8S. The number of likely N-dealkylation sites (N-methyl/N-ethyl adjacent to an activating group) is 1. The number of alkyl carbamates (subject to hydrolysis) is 1. The predicted octanol–water partition coefficient (Wildman–Crippen LogP) is 4.88. The number of aromatic nitrogens is 1. The van der Waals surface area contributed by atoms with Gasteiger partial charge in [-0.2, -0.15) is 0 Å². The number of carbonyl (C=O) groups excluding carboxylic acids is 5. The fourth-order valence-corrected chi connectivity index (χ4v) is 6.24. The topological polar surface area (TPSA) is 193 Å². The first-order valence-electron chi connectivity index (χ1n) is 18.5. The summed E-state index contributed by atoms with van der Waals surface area (Å²) < 4.78 is 12.6. The molecular weight excluding hydrogens is 749 g/mol. The van der Waals surface area contributed by atoms with E-state index in [9.17, 15) is 28.8 Å². The lowest BCUT2D eigenvalue weighted by Gasteiger charge is -2.38. The summed E-state index contributed by atoms with van der Waals surface area (Å²) in [6.45, 7) is 21.5. The minimum atomic E-state index is -0.958. The fraction of sp³-hybridized carbons (Fsp3) is 0.429. The Bertz CT molecular complexity index is 1880. The number of rotatable bonds is 10. The Labute approximate surface area is 340 Å². The fourth-order valence-electron chi connectivity index (χ4n) is 6.07. The molecule has 5 rings (SSSR count). The zero-order chi connectivity index (χ0) is 42.9. The maximum Gasteiger partial charge on any atom is 0.408 e. The van der Waals surface area contributed by atoms with Crippen molar-refractivity contribution in [3.8, 4) is 5.75 Å². The predicted molar refractivity (Wildman–Crippen MR) is 227 cm³/mol. The van der Waals surface area contributed by atoms with E-state index in [1.54, 1.807) is 75.3 Å². The monoisotopic (exact) mass is 806 g/mol. The van der Waals surface area contributed by atoms with E-state index in [1.165, 1.54) is 6.08 Å². The number of nitrogens with two attached hydrogens (primary N) is 1. The summed E-state index contributed by atoms with van der Waals surface area (Å²) in [6.07, 6.45) is 12.0. The number of piperidine rings is 1. The van der Waals surface area contributed by atoms with Crippen molar-refractivity contribution in [2.45, 2.75) is 70.1 Å². The van der Waals surface area contributed by atoms with Crippen LogP contribution in [0.25, 0.3) is 16.5 Å². The molecule has 3 atom stereocenters. The molecule has 3 unspecified atom stereocenters. The number of methoxy groups -OCH3 is 1. The molecule has 15 heteroatoms. The van der Waals surface area contributed by atoms with Crippen molar-refractivity contribution in [2.24, 2.45) is 17.6 Å². The highest BCUT2D eigenvalue weighted by atomic mass is 32.1. The van der Waals surface area contributed by atoms with Gasteiger partial charge in [-0.05, 0) is 96.2 Å². The zero-order valence-corrected chi connectivity index (χ0v) is 34.6. The van der Waals surface area contributed by atoms with Gasteiger partial charge in [0.05, 0.1) is 18.7 Å². The molecule has 5 N–H and O–H groups in total. The van der Waals surface area contributed by atoms with E-state index < -0.39 is 17.2 Å². The number of ether oxygens (including phenoxy) is 2. The largest absolute Gasteiger partial charge is 0.497 e. The lowest BCUT2D eigenvalue weighted by atomic mass is 9.89. The van der Waals surface area contributed by atoms with E-state index in [-0.39, 0.29) is 35.1 Å². The normalized spacial score (nSPS) is 19.6. The van der Waals surface area contributed by atoms with Gasteiger partial charge in [0.1, 0.15) is 23.2 Å². The first kappa shape index (κ1) is 47.7. The highest BCUT2D eigenvalue weighted by Crippen LogP contribution is 2.39. The average molecular weight is 807 g/mol. The van der Waals surface area contributed by atoms with E-state index in [2.05, 4.69) is 54.2 Å². The molecule has 0 bridgehead atoms. The highest BCUT2D eigenvalue weighted by Gasteiger charge is 2.40. The summed E-state index contributed by atoms with van der Waals surface area (Å²) in [6, 6.07) is 6.89. The molecule has 0 spiro atoms. The quantitative estimate of drug-likeness (QED) is 0.0732. The van der Waals surface area contributed by atoms with Crippen LogP contribution in [0.1, 0.15) is 58.6 Å². The zero-order valence-electron chi connectivity index (χ0n) is 33.7. The molecule has 1 aromatic carbocycles. The van der Waals surface area contributed by atoms with E-state index >= 15 is 0 Å². The summed E-state index contributed by atoms with van der Waals surface area (Å²) in [5.74, 6) is 0.922. The Morgan fingerprint density at radius 3 is 2.16 bits per heavy atom. The van der Waals surface area contributed by atoms with Gasteiger partial charge in [-0.25, -0.2) is 4.79 Å². The third-order valence-corrected chi connectivity index (χ3v) is 9.64. The smallest absolute Gasteiger partial charge is 0.408 e. The number of amides is 4. The van der Waals surface area contributed by atoms with E-state index in [0.717, 1.165) is 43.2 Å². The maximum atomic E-state index is 12.1. The number of carbonyl (C=O) groups is 5. The Hall–Kier alpha value is -5.41. The van der Waals surface area contributed by atoms with Gasteiger partial charge in [-0.15, -0.1) is 6.58 Å². The van der Waals surface area contributed by atoms with Crippen molar-refractivity contribution < 1.29 is 33.4 Å². The first-order chi connectivity index (χ1) is 26.9. The Balaban J connectivity index is 0.000000279. The number of thiol groups is 1. The van der Waals surface area contributed by atoms with Crippen LogP contribution in [0.15, 0.2) is 85.8 Å². The van der Waals surface area contributed by atoms with Crippen LogP contribution in [0.4, 0.5) is 4.79 Å². The number of aldehydes is 1.